The number of nitriles is 2. The van der Waals surface area contributed by atoms with Crippen molar-refractivity contribution in [2.45, 2.75) is 26.0 Å². The van der Waals surface area contributed by atoms with E-state index in [2.05, 4.69) is 20.6 Å². The van der Waals surface area contributed by atoms with Crippen molar-refractivity contribution in [1.29, 1.82) is 10.5 Å². The van der Waals surface area contributed by atoms with Crippen molar-refractivity contribution in [3.05, 3.63) is 53.1 Å². The van der Waals surface area contributed by atoms with Gasteiger partial charge in [0.1, 0.15) is 35.1 Å². The predicted octanol–water partition coefficient (Wildman–Crippen LogP) is 3.00. The fraction of sp³-hybridized carbons (Fsp3) is 0.182. The molecule has 154 valence electrons. The van der Waals surface area contributed by atoms with Crippen LogP contribution in [0.1, 0.15) is 36.6 Å². The van der Waals surface area contributed by atoms with Crippen LogP contribution in [0.3, 0.4) is 0 Å². The lowest BCUT2D eigenvalue weighted by atomic mass is 9.90. The number of aliphatic imine (C=N–C) groups is 1. The minimum Gasteiger partial charge on any atom is -0.491 e. The summed E-state index contributed by atoms with van der Waals surface area (Å²) in [5.74, 6) is 1.15. The fourth-order valence-corrected chi connectivity index (χ4v) is 3.70. The number of nitrogens with zero attached hydrogens (tertiary/aromatic N) is 4. The van der Waals surface area contributed by atoms with Crippen molar-refractivity contribution >= 4 is 34.1 Å². The van der Waals surface area contributed by atoms with Gasteiger partial charge in [0, 0.05) is 11.1 Å². The van der Waals surface area contributed by atoms with E-state index in [1.807, 2.05) is 62.5 Å². The van der Waals surface area contributed by atoms with Crippen molar-refractivity contribution in [2.24, 2.45) is 4.99 Å². The lowest BCUT2D eigenvalue weighted by Crippen LogP contribution is -2.33. The van der Waals surface area contributed by atoms with Crippen LogP contribution in [0.2, 0.25) is 0 Å². The van der Waals surface area contributed by atoms with Gasteiger partial charge >= 0.3 is 0 Å². The molecule has 0 saturated heterocycles. The Morgan fingerprint density at radius 3 is 2.61 bits per heavy atom. The Morgan fingerprint density at radius 2 is 1.90 bits per heavy atom. The number of hydrogen-bond donors (Lipinski definition) is 4. The summed E-state index contributed by atoms with van der Waals surface area (Å²) < 4.78 is 6.11. The number of ether oxygens (including phenoxy) is 1. The molecule has 1 atom stereocenters. The van der Waals surface area contributed by atoms with Crippen LogP contribution in [0.4, 0.5) is 17.3 Å². The molecule has 0 amide bonds. The highest BCUT2D eigenvalue weighted by Gasteiger charge is 2.32. The molecule has 1 aromatic heterocycles. The second-order valence-corrected chi connectivity index (χ2v) is 7.27. The fourth-order valence-electron chi connectivity index (χ4n) is 3.70. The number of rotatable bonds is 3. The highest BCUT2D eigenvalue weighted by Crippen LogP contribution is 2.45. The van der Waals surface area contributed by atoms with Gasteiger partial charge in [-0.2, -0.15) is 10.5 Å². The van der Waals surface area contributed by atoms with Crippen LogP contribution in [0.5, 0.6) is 5.75 Å². The molecule has 2 heterocycles. The molecule has 4 rings (SSSR count). The number of hydrogen-bond acceptors (Lipinski definition) is 9. The monoisotopic (exact) mass is 412 g/mol. The Hall–Kier alpha value is -4.50. The van der Waals surface area contributed by atoms with Crippen LogP contribution in [-0.2, 0) is 0 Å². The molecule has 2 aromatic carbocycles. The normalized spacial score (nSPS) is 14.7. The van der Waals surface area contributed by atoms with E-state index in [0.717, 1.165) is 16.3 Å². The molecular formula is C22H20N8O. The number of aromatic nitrogens is 1. The first-order chi connectivity index (χ1) is 14.9. The summed E-state index contributed by atoms with van der Waals surface area (Å²) >= 11 is 0. The summed E-state index contributed by atoms with van der Waals surface area (Å²) in [6.45, 7) is 3.87. The summed E-state index contributed by atoms with van der Waals surface area (Å²) in [5, 5.41) is 26.0. The van der Waals surface area contributed by atoms with E-state index >= 15 is 0 Å². The highest BCUT2D eigenvalue weighted by molar-refractivity contribution is 6.00. The van der Waals surface area contributed by atoms with Crippen molar-refractivity contribution < 1.29 is 4.74 Å². The number of guanidine groups is 1. The van der Waals surface area contributed by atoms with E-state index in [9.17, 15) is 5.26 Å². The van der Waals surface area contributed by atoms with Gasteiger partial charge < -0.3 is 21.5 Å². The van der Waals surface area contributed by atoms with Crippen LogP contribution in [0, 0.1) is 22.8 Å². The SMILES string of the molecule is CC(C)Oc1ccc2ccccc2c1C1N=C(NC#N)Nc2nc(N)c(C#N)c(N)c21. The van der Waals surface area contributed by atoms with Gasteiger partial charge in [0.25, 0.3) is 0 Å². The molecule has 1 unspecified atom stereocenters. The number of nitrogen functional groups attached to an aromatic ring is 2. The van der Waals surface area contributed by atoms with E-state index < -0.39 is 6.04 Å². The summed E-state index contributed by atoms with van der Waals surface area (Å²) in [4.78, 5) is 9.01. The molecule has 3 aromatic rings. The van der Waals surface area contributed by atoms with Gasteiger partial charge in [-0.1, -0.05) is 30.3 Å². The Kier molecular flexibility index (Phi) is 4.94. The third-order valence-electron chi connectivity index (χ3n) is 4.92. The maximum atomic E-state index is 9.55. The number of pyridine rings is 1. The summed E-state index contributed by atoms with van der Waals surface area (Å²) in [6.07, 6.45) is 1.77. The standard InChI is InChI=1S/C22H20N8O/c1-11(2)31-15-8-7-12-5-3-4-6-13(12)16(15)19-17-18(25)14(9-23)20(26)29-21(17)30-22(28-19)27-10-24/h3-8,11,19H,1-2H3,(H6,25,26,27,28,29,30). The second kappa shape index (κ2) is 7.73. The summed E-state index contributed by atoms with van der Waals surface area (Å²) in [6, 6.07) is 13.0. The number of benzene rings is 2. The molecule has 9 heteroatoms. The Morgan fingerprint density at radius 1 is 1.13 bits per heavy atom. The highest BCUT2D eigenvalue weighted by atomic mass is 16.5. The van der Waals surface area contributed by atoms with Crippen molar-refractivity contribution in [2.75, 3.05) is 16.8 Å². The number of fused-ring (bicyclic) bond motifs is 2. The van der Waals surface area contributed by atoms with Crippen molar-refractivity contribution in [3.63, 3.8) is 0 Å². The van der Waals surface area contributed by atoms with Crippen LogP contribution >= 0.6 is 0 Å². The largest absolute Gasteiger partial charge is 0.491 e. The predicted molar refractivity (Wildman–Crippen MR) is 119 cm³/mol. The van der Waals surface area contributed by atoms with Gasteiger partial charge in [-0.15, -0.1) is 0 Å². The first-order valence-electron chi connectivity index (χ1n) is 9.61. The molecule has 0 aliphatic carbocycles. The van der Waals surface area contributed by atoms with Gasteiger partial charge in [-0.3, -0.25) is 5.32 Å². The van der Waals surface area contributed by atoms with Gasteiger partial charge in [0.2, 0.25) is 5.96 Å². The molecule has 0 bridgehead atoms. The van der Waals surface area contributed by atoms with Crippen LogP contribution in [0.25, 0.3) is 10.8 Å². The molecule has 1 aliphatic heterocycles. The summed E-state index contributed by atoms with van der Waals surface area (Å²) in [7, 11) is 0. The Bertz CT molecular complexity index is 1300. The van der Waals surface area contributed by atoms with Crippen LogP contribution < -0.4 is 26.8 Å². The van der Waals surface area contributed by atoms with Crippen LogP contribution in [0.15, 0.2) is 41.4 Å². The molecule has 0 radical (unpaired) electrons. The van der Waals surface area contributed by atoms with E-state index in [-0.39, 0.29) is 29.1 Å². The van der Waals surface area contributed by atoms with E-state index in [1.54, 1.807) is 0 Å². The zero-order valence-electron chi connectivity index (χ0n) is 17.0. The topological polar surface area (TPSA) is 158 Å². The van der Waals surface area contributed by atoms with Gasteiger partial charge in [-0.05, 0) is 30.7 Å². The first-order valence-corrected chi connectivity index (χ1v) is 9.61. The number of anilines is 3. The minimum absolute atomic E-state index is 0.000203. The maximum absolute atomic E-state index is 9.55. The van der Waals surface area contributed by atoms with Gasteiger partial charge in [-0.25, -0.2) is 9.98 Å². The zero-order chi connectivity index (χ0) is 22.1. The van der Waals surface area contributed by atoms with E-state index in [4.69, 9.17) is 21.5 Å². The molecule has 9 nitrogen and oxygen atoms in total. The third kappa shape index (κ3) is 3.38. The van der Waals surface area contributed by atoms with E-state index in [0.29, 0.717) is 17.1 Å². The molecule has 6 N–H and O–H groups in total. The number of nitrogens with two attached hydrogens (primary N) is 2. The molecule has 0 spiro atoms. The maximum Gasteiger partial charge on any atom is 0.211 e. The second-order valence-electron chi connectivity index (χ2n) is 7.27. The van der Waals surface area contributed by atoms with Gasteiger partial charge in [0.05, 0.1) is 11.8 Å². The number of nitrogens with one attached hydrogen (secondary N) is 2. The molecule has 31 heavy (non-hydrogen) atoms. The lowest BCUT2D eigenvalue weighted by Gasteiger charge is -2.28. The van der Waals surface area contributed by atoms with E-state index in [1.165, 1.54) is 0 Å². The lowest BCUT2D eigenvalue weighted by molar-refractivity contribution is 0.240. The van der Waals surface area contributed by atoms with Crippen molar-refractivity contribution in [3.8, 4) is 18.0 Å². The Balaban J connectivity index is 2.07. The average molecular weight is 412 g/mol. The Labute approximate surface area is 179 Å². The quantitative estimate of drug-likeness (QED) is 0.377. The molecule has 0 saturated carbocycles. The molecular weight excluding hydrogens is 392 g/mol. The summed E-state index contributed by atoms with van der Waals surface area (Å²) in [5.41, 5.74) is 13.9. The van der Waals surface area contributed by atoms with Crippen LogP contribution in [-0.4, -0.2) is 17.0 Å². The minimum atomic E-state index is -0.688. The van der Waals surface area contributed by atoms with Crippen molar-refractivity contribution in [1.82, 2.24) is 10.3 Å². The zero-order valence-corrected chi connectivity index (χ0v) is 17.0. The average Bonchev–Trinajstić information content (AvgIpc) is 2.73. The third-order valence-corrected chi connectivity index (χ3v) is 4.92. The first kappa shape index (κ1) is 19.8. The molecule has 0 fully saturated rings. The van der Waals surface area contributed by atoms with Gasteiger partial charge in [0.15, 0.2) is 6.19 Å². The smallest absolute Gasteiger partial charge is 0.211 e. The molecule has 1 aliphatic rings.